The molecule has 1 heterocycles. The van der Waals surface area contributed by atoms with Crippen LogP contribution in [0.2, 0.25) is 0 Å². The van der Waals surface area contributed by atoms with E-state index in [9.17, 15) is 18.0 Å². The van der Waals surface area contributed by atoms with Crippen molar-refractivity contribution < 1.29 is 22.7 Å². The Labute approximate surface area is 121 Å². The Morgan fingerprint density at radius 2 is 2.00 bits per heavy atom. The van der Waals surface area contributed by atoms with Gasteiger partial charge in [-0.3, -0.25) is 4.79 Å². The first-order chi connectivity index (χ1) is 9.95. The SMILES string of the molecule is COCC1CCN(c2ccc(C=O)cc2C(F)(F)F)CC1. The fraction of sp³-hybridized carbons (Fsp3) is 0.533. The van der Waals surface area contributed by atoms with Gasteiger partial charge in [0.1, 0.15) is 6.29 Å². The summed E-state index contributed by atoms with van der Waals surface area (Å²) >= 11 is 0. The highest BCUT2D eigenvalue weighted by atomic mass is 19.4. The van der Waals surface area contributed by atoms with Crippen LogP contribution in [0.5, 0.6) is 0 Å². The van der Waals surface area contributed by atoms with Gasteiger partial charge in [-0.05, 0) is 37.0 Å². The van der Waals surface area contributed by atoms with E-state index in [1.54, 1.807) is 12.0 Å². The van der Waals surface area contributed by atoms with E-state index in [1.165, 1.54) is 12.1 Å². The van der Waals surface area contributed by atoms with Crippen molar-refractivity contribution in [3.8, 4) is 0 Å². The molecule has 6 heteroatoms. The van der Waals surface area contributed by atoms with Crippen molar-refractivity contribution in [3.63, 3.8) is 0 Å². The largest absolute Gasteiger partial charge is 0.418 e. The van der Waals surface area contributed by atoms with Crippen LogP contribution in [-0.2, 0) is 10.9 Å². The summed E-state index contributed by atoms with van der Waals surface area (Å²) in [6, 6.07) is 3.74. The zero-order chi connectivity index (χ0) is 15.5. The van der Waals surface area contributed by atoms with Crippen LogP contribution in [0, 0.1) is 5.92 Å². The monoisotopic (exact) mass is 301 g/mol. The maximum atomic E-state index is 13.2. The third kappa shape index (κ3) is 3.75. The zero-order valence-electron chi connectivity index (χ0n) is 11.8. The number of alkyl halides is 3. The maximum Gasteiger partial charge on any atom is 0.418 e. The third-order valence-corrected chi connectivity index (χ3v) is 3.82. The number of hydrogen-bond donors (Lipinski definition) is 0. The van der Waals surface area contributed by atoms with Crippen molar-refractivity contribution in [2.24, 2.45) is 5.92 Å². The van der Waals surface area contributed by atoms with Gasteiger partial charge in [-0.1, -0.05) is 0 Å². The standard InChI is InChI=1S/C15H18F3NO2/c1-21-10-11-4-6-19(7-5-11)14-3-2-12(9-20)8-13(14)15(16,17)18/h2-3,8-9,11H,4-7,10H2,1H3. The van der Waals surface area contributed by atoms with Crippen molar-refractivity contribution in [1.29, 1.82) is 0 Å². The predicted octanol–water partition coefficient (Wildman–Crippen LogP) is 3.38. The Bertz CT molecular complexity index is 494. The number of nitrogens with zero attached hydrogens (tertiary/aromatic N) is 1. The van der Waals surface area contributed by atoms with Gasteiger partial charge in [0, 0.05) is 38.1 Å². The lowest BCUT2D eigenvalue weighted by Crippen LogP contribution is -2.36. The van der Waals surface area contributed by atoms with Gasteiger partial charge in [0.2, 0.25) is 0 Å². The molecule has 1 fully saturated rings. The Hall–Kier alpha value is -1.56. The Kier molecular flexibility index (Phi) is 4.88. The van der Waals surface area contributed by atoms with Gasteiger partial charge < -0.3 is 9.64 Å². The number of rotatable bonds is 4. The van der Waals surface area contributed by atoms with Crippen LogP contribution < -0.4 is 4.90 Å². The molecule has 0 atom stereocenters. The van der Waals surface area contributed by atoms with Gasteiger partial charge in [-0.2, -0.15) is 13.2 Å². The summed E-state index contributed by atoms with van der Waals surface area (Å²) in [7, 11) is 1.63. The number of ether oxygens (including phenoxy) is 1. The molecule has 1 saturated heterocycles. The van der Waals surface area contributed by atoms with Crippen LogP contribution in [0.3, 0.4) is 0 Å². The highest BCUT2D eigenvalue weighted by Crippen LogP contribution is 2.38. The van der Waals surface area contributed by atoms with E-state index >= 15 is 0 Å². The second kappa shape index (κ2) is 6.47. The number of halogens is 3. The summed E-state index contributed by atoms with van der Waals surface area (Å²) < 4.78 is 44.6. The van der Waals surface area contributed by atoms with E-state index in [-0.39, 0.29) is 11.3 Å². The minimum Gasteiger partial charge on any atom is -0.384 e. The molecular formula is C15H18F3NO2. The van der Waals surface area contributed by atoms with Crippen LogP contribution in [-0.4, -0.2) is 33.1 Å². The second-order valence-electron chi connectivity index (χ2n) is 5.28. The molecule has 0 amide bonds. The molecule has 21 heavy (non-hydrogen) atoms. The number of carbonyl (C=O) groups excluding carboxylic acids is 1. The normalized spacial score (nSPS) is 17.0. The number of piperidine rings is 1. The minimum atomic E-state index is -4.46. The van der Waals surface area contributed by atoms with Crippen LogP contribution >= 0.6 is 0 Å². The zero-order valence-corrected chi connectivity index (χ0v) is 11.8. The molecule has 3 nitrogen and oxygen atoms in total. The van der Waals surface area contributed by atoms with Crippen LogP contribution in [0.4, 0.5) is 18.9 Å². The average molecular weight is 301 g/mol. The number of aldehydes is 1. The van der Waals surface area contributed by atoms with E-state index in [2.05, 4.69) is 0 Å². The lowest BCUT2D eigenvalue weighted by atomic mass is 9.96. The smallest absolute Gasteiger partial charge is 0.384 e. The first-order valence-corrected chi connectivity index (χ1v) is 6.86. The maximum absolute atomic E-state index is 13.2. The first kappa shape index (κ1) is 15.8. The molecule has 0 spiro atoms. The third-order valence-electron chi connectivity index (χ3n) is 3.82. The summed E-state index contributed by atoms with van der Waals surface area (Å²) in [5.74, 6) is 0.398. The molecule has 2 rings (SSSR count). The van der Waals surface area contributed by atoms with Gasteiger partial charge in [0.05, 0.1) is 5.56 Å². The molecule has 1 aromatic carbocycles. The highest BCUT2D eigenvalue weighted by molar-refractivity contribution is 5.77. The Balaban J connectivity index is 2.22. The van der Waals surface area contributed by atoms with E-state index in [1.807, 2.05) is 0 Å². The van der Waals surface area contributed by atoms with Crippen LogP contribution in [0.1, 0.15) is 28.8 Å². The highest BCUT2D eigenvalue weighted by Gasteiger charge is 2.35. The van der Waals surface area contributed by atoms with Crippen molar-refractivity contribution in [2.75, 3.05) is 31.7 Å². The van der Waals surface area contributed by atoms with Gasteiger partial charge >= 0.3 is 6.18 Å². The molecule has 0 radical (unpaired) electrons. The molecule has 0 aliphatic carbocycles. The van der Waals surface area contributed by atoms with Crippen LogP contribution in [0.25, 0.3) is 0 Å². The summed E-state index contributed by atoms with van der Waals surface area (Å²) in [5.41, 5.74) is -0.540. The van der Waals surface area contributed by atoms with E-state index < -0.39 is 11.7 Å². The van der Waals surface area contributed by atoms with Gasteiger partial charge in [0.15, 0.2) is 0 Å². The average Bonchev–Trinajstić information content (AvgIpc) is 2.47. The van der Waals surface area contributed by atoms with Crippen LogP contribution in [0.15, 0.2) is 18.2 Å². The molecule has 0 saturated carbocycles. The van der Waals surface area contributed by atoms with E-state index in [4.69, 9.17) is 4.74 Å². The second-order valence-corrected chi connectivity index (χ2v) is 5.28. The van der Waals surface area contributed by atoms with Gasteiger partial charge in [-0.15, -0.1) is 0 Å². The Morgan fingerprint density at radius 1 is 1.33 bits per heavy atom. The van der Waals surface area contributed by atoms with Crippen molar-refractivity contribution in [3.05, 3.63) is 29.3 Å². The summed E-state index contributed by atoms with van der Waals surface area (Å²) in [6.45, 7) is 1.78. The van der Waals surface area contributed by atoms with Gasteiger partial charge in [0.25, 0.3) is 0 Å². The number of methoxy groups -OCH3 is 1. The topological polar surface area (TPSA) is 29.5 Å². The van der Waals surface area contributed by atoms with Crippen molar-refractivity contribution in [1.82, 2.24) is 0 Å². The molecule has 1 aromatic rings. The Morgan fingerprint density at radius 3 is 2.52 bits per heavy atom. The molecule has 0 unspecified atom stereocenters. The molecule has 1 aliphatic rings. The molecule has 116 valence electrons. The molecule has 0 aromatic heterocycles. The first-order valence-electron chi connectivity index (χ1n) is 6.86. The number of carbonyl (C=O) groups is 1. The van der Waals surface area contributed by atoms with Crippen molar-refractivity contribution in [2.45, 2.75) is 19.0 Å². The minimum absolute atomic E-state index is 0.0420. The van der Waals surface area contributed by atoms with E-state index in [0.29, 0.717) is 31.9 Å². The lowest BCUT2D eigenvalue weighted by molar-refractivity contribution is -0.137. The molecule has 0 bridgehead atoms. The number of hydrogen-bond acceptors (Lipinski definition) is 3. The number of anilines is 1. The van der Waals surface area contributed by atoms with Gasteiger partial charge in [-0.25, -0.2) is 0 Å². The van der Waals surface area contributed by atoms with E-state index in [0.717, 1.165) is 18.9 Å². The lowest BCUT2D eigenvalue weighted by Gasteiger charge is -2.34. The predicted molar refractivity (Wildman–Crippen MR) is 73.6 cm³/mol. The summed E-state index contributed by atoms with van der Waals surface area (Å²) in [5, 5.41) is 0. The molecule has 1 aliphatic heterocycles. The fourth-order valence-electron chi connectivity index (χ4n) is 2.71. The molecular weight excluding hydrogens is 283 g/mol. The summed E-state index contributed by atoms with van der Waals surface area (Å²) in [6.07, 6.45) is -2.41. The number of benzene rings is 1. The quantitative estimate of drug-likeness (QED) is 0.799. The van der Waals surface area contributed by atoms with Crippen molar-refractivity contribution >= 4 is 12.0 Å². The summed E-state index contributed by atoms with van der Waals surface area (Å²) in [4.78, 5) is 12.4. The fourth-order valence-corrected chi connectivity index (χ4v) is 2.71. The molecule has 0 N–H and O–H groups in total.